The molecular weight excluding hydrogens is 320 g/mol. The van der Waals surface area contributed by atoms with Crippen molar-refractivity contribution in [3.8, 4) is 11.5 Å². The Morgan fingerprint density at radius 3 is 3.04 bits per heavy atom. The number of morpholine rings is 1. The van der Waals surface area contributed by atoms with Gasteiger partial charge in [-0.15, -0.1) is 0 Å². The van der Waals surface area contributed by atoms with Gasteiger partial charge >= 0.3 is 5.97 Å². The number of hydrogen-bond acceptors (Lipinski definition) is 6. The smallest absolute Gasteiger partial charge is 0.328 e. The van der Waals surface area contributed by atoms with Crippen LogP contribution in [0.3, 0.4) is 0 Å². The first-order valence-corrected chi connectivity index (χ1v) is 8.09. The number of hydrogen-bond donors (Lipinski definition) is 1. The monoisotopic (exact) mass is 336 g/mol. The number of rotatable bonds is 4. The summed E-state index contributed by atoms with van der Waals surface area (Å²) in [6.45, 7) is 2.37. The molecule has 7 nitrogen and oxygen atoms in total. The summed E-state index contributed by atoms with van der Waals surface area (Å²) in [7, 11) is 0. The fourth-order valence-electron chi connectivity index (χ4n) is 2.45. The van der Waals surface area contributed by atoms with E-state index in [1.165, 1.54) is 16.2 Å². The lowest BCUT2D eigenvalue weighted by molar-refractivity contribution is -0.158. The molecule has 3 rings (SSSR count). The van der Waals surface area contributed by atoms with Crippen molar-refractivity contribution < 1.29 is 23.8 Å². The quantitative estimate of drug-likeness (QED) is 0.911. The van der Waals surface area contributed by atoms with Gasteiger partial charge in [-0.25, -0.2) is 9.78 Å². The van der Waals surface area contributed by atoms with Crippen LogP contribution in [0.2, 0.25) is 0 Å². The number of oxazole rings is 1. The van der Waals surface area contributed by atoms with Crippen LogP contribution in [0.15, 0.2) is 21.2 Å². The van der Waals surface area contributed by atoms with Crippen molar-refractivity contribution in [2.24, 2.45) is 0 Å². The van der Waals surface area contributed by atoms with Gasteiger partial charge in [-0.3, -0.25) is 4.79 Å². The second-order valence-corrected chi connectivity index (χ2v) is 6.01. The largest absolute Gasteiger partial charge is 0.480 e. The first-order chi connectivity index (χ1) is 11.1. The highest BCUT2D eigenvalue weighted by Gasteiger charge is 2.33. The molecule has 0 bridgehead atoms. The van der Waals surface area contributed by atoms with Gasteiger partial charge in [-0.1, -0.05) is 0 Å². The Bertz CT molecular complexity index is 710. The van der Waals surface area contributed by atoms with E-state index in [4.69, 9.17) is 9.15 Å². The van der Waals surface area contributed by atoms with Crippen molar-refractivity contribution in [3.63, 3.8) is 0 Å². The molecule has 122 valence electrons. The Hall–Kier alpha value is -2.19. The van der Waals surface area contributed by atoms with Gasteiger partial charge in [0.25, 0.3) is 0 Å². The Labute approximate surface area is 136 Å². The van der Waals surface area contributed by atoms with Gasteiger partial charge in [0.15, 0.2) is 6.04 Å². The Balaban J connectivity index is 1.76. The van der Waals surface area contributed by atoms with E-state index in [1.807, 2.05) is 16.8 Å². The van der Waals surface area contributed by atoms with Crippen molar-refractivity contribution in [2.75, 3.05) is 19.8 Å². The average molecular weight is 336 g/mol. The predicted octanol–water partition coefficient (Wildman–Crippen LogP) is 1.57. The summed E-state index contributed by atoms with van der Waals surface area (Å²) in [5.74, 6) is -0.300. The van der Waals surface area contributed by atoms with Crippen LogP contribution in [0.5, 0.6) is 0 Å². The number of aryl methyl sites for hydroxylation is 1. The van der Waals surface area contributed by atoms with E-state index in [2.05, 4.69) is 4.98 Å². The number of amides is 1. The molecular formula is C15H16N2O5S. The lowest BCUT2D eigenvalue weighted by atomic mass is 10.2. The van der Waals surface area contributed by atoms with Crippen LogP contribution >= 0.6 is 11.3 Å². The van der Waals surface area contributed by atoms with Crippen molar-refractivity contribution in [1.29, 1.82) is 0 Å². The van der Waals surface area contributed by atoms with Crippen LogP contribution in [-0.4, -0.2) is 52.7 Å². The molecule has 1 fully saturated rings. The zero-order valence-corrected chi connectivity index (χ0v) is 13.3. The molecule has 3 heterocycles. The molecule has 1 aliphatic heterocycles. The summed E-state index contributed by atoms with van der Waals surface area (Å²) in [5, 5.41) is 13.0. The van der Waals surface area contributed by atoms with Crippen LogP contribution in [0, 0.1) is 6.92 Å². The lowest BCUT2D eigenvalue weighted by Gasteiger charge is -2.32. The number of thiophene rings is 1. The van der Waals surface area contributed by atoms with Crippen LogP contribution < -0.4 is 0 Å². The molecule has 1 N–H and O–H groups in total. The second kappa shape index (κ2) is 6.51. The summed E-state index contributed by atoms with van der Waals surface area (Å²) in [5.41, 5.74) is 1.40. The number of carbonyl (C=O) groups excluding carboxylic acids is 1. The zero-order chi connectivity index (χ0) is 16.4. The van der Waals surface area contributed by atoms with Crippen LogP contribution in [-0.2, 0) is 20.7 Å². The van der Waals surface area contributed by atoms with Crippen LogP contribution in [0.25, 0.3) is 11.5 Å². The molecule has 0 saturated carbocycles. The highest BCUT2D eigenvalue weighted by molar-refractivity contribution is 7.08. The van der Waals surface area contributed by atoms with E-state index in [1.54, 1.807) is 6.92 Å². The maximum absolute atomic E-state index is 12.5. The molecule has 0 spiro atoms. The predicted molar refractivity (Wildman–Crippen MR) is 82.2 cm³/mol. The molecule has 8 heteroatoms. The number of aromatic nitrogens is 1. The molecule has 1 saturated heterocycles. The number of carboxylic acid groups (broad SMARTS) is 1. The summed E-state index contributed by atoms with van der Waals surface area (Å²) < 4.78 is 10.7. The minimum Gasteiger partial charge on any atom is -0.480 e. The maximum Gasteiger partial charge on any atom is 0.328 e. The Morgan fingerprint density at radius 2 is 2.35 bits per heavy atom. The normalized spacial score (nSPS) is 18.1. The number of carbonyl (C=O) groups is 2. The molecule has 2 aromatic rings. The molecule has 23 heavy (non-hydrogen) atoms. The standard InChI is InChI=1S/C15H16N2O5S/c1-9-11(16-14(22-9)10-2-5-23-8-10)6-13(18)17-3-4-21-7-12(17)15(19)20/h2,5,8,12H,3-4,6-7H2,1H3,(H,19,20)/t12-/m1/s1. The summed E-state index contributed by atoms with van der Waals surface area (Å²) in [6.07, 6.45) is 0.0171. The summed E-state index contributed by atoms with van der Waals surface area (Å²) in [6, 6.07) is 0.948. The SMILES string of the molecule is Cc1oc(-c2ccsc2)nc1CC(=O)N1CCOC[C@@H]1C(=O)O. The summed E-state index contributed by atoms with van der Waals surface area (Å²) in [4.78, 5) is 29.4. The molecule has 0 aromatic carbocycles. The van der Waals surface area contributed by atoms with E-state index in [-0.39, 0.29) is 25.5 Å². The van der Waals surface area contributed by atoms with Gasteiger partial charge in [0.1, 0.15) is 5.76 Å². The first kappa shape index (κ1) is 15.7. The van der Waals surface area contributed by atoms with Gasteiger partial charge in [0.2, 0.25) is 11.8 Å². The van der Waals surface area contributed by atoms with Gasteiger partial charge < -0.3 is 19.2 Å². The maximum atomic E-state index is 12.5. The molecule has 2 aromatic heterocycles. The zero-order valence-electron chi connectivity index (χ0n) is 12.5. The molecule has 1 amide bonds. The minimum atomic E-state index is -1.06. The Morgan fingerprint density at radius 1 is 1.52 bits per heavy atom. The number of carboxylic acids is 1. The van der Waals surface area contributed by atoms with Gasteiger partial charge in [0.05, 0.1) is 25.3 Å². The minimum absolute atomic E-state index is 0.0129. The average Bonchev–Trinajstić information content (AvgIpc) is 3.17. The van der Waals surface area contributed by atoms with Crippen molar-refractivity contribution in [2.45, 2.75) is 19.4 Å². The van der Waals surface area contributed by atoms with Gasteiger partial charge in [-0.2, -0.15) is 11.3 Å². The number of aliphatic carboxylic acids is 1. The fraction of sp³-hybridized carbons (Fsp3) is 0.400. The third kappa shape index (κ3) is 3.27. The van der Waals surface area contributed by atoms with E-state index < -0.39 is 12.0 Å². The lowest BCUT2D eigenvalue weighted by Crippen LogP contribution is -2.53. The van der Waals surface area contributed by atoms with Crippen molar-refractivity contribution in [3.05, 3.63) is 28.3 Å². The topological polar surface area (TPSA) is 92.9 Å². The van der Waals surface area contributed by atoms with E-state index in [0.29, 0.717) is 24.0 Å². The molecule has 1 atom stereocenters. The first-order valence-electron chi connectivity index (χ1n) is 7.15. The van der Waals surface area contributed by atoms with Gasteiger partial charge in [0, 0.05) is 17.5 Å². The van der Waals surface area contributed by atoms with Gasteiger partial charge in [-0.05, 0) is 18.4 Å². The fourth-order valence-corrected chi connectivity index (χ4v) is 3.08. The van der Waals surface area contributed by atoms with E-state index in [9.17, 15) is 14.7 Å². The molecule has 0 unspecified atom stereocenters. The molecule has 0 radical (unpaired) electrons. The third-order valence-corrected chi connectivity index (χ3v) is 4.40. The van der Waals surface area contributed by atoms with Crippen molar-refractivity contribution >= 4 is 23.2 Å². The number of nitrogens with zero attached hydrogens (tertiary/aromatic N) is 2. The van der Waals surface area contributed by atoms with Crippen molar-refractivity contribution in [1.82, 2.24) is 9.88 Å². The third-order valence-electron chi connectivity index (χ3n) is 3.71. The van der Waals surface area contributed by atoms with Crippen LogP contribution in [0.4, 0.5) is 0 Å². The van der Waals surface area contributed by atoms with E-state index >= 15 is 0 Å². The second-order valence-electron chi connectivity index (χ2n) is 5.23. The molecule has 0 aliphatic carbocycles. The Kier molecular flexibility index (Phi) is 4.44. The van der Waals surface area contributed by atoms with Crippen LogP contribution in [0.1, 0.15) is 11.5 Å². The number of ether oxygens (including phenoxy) is 1. The highest BCUT2D eigenvalue weighted by atomic mass is 32.1. The molecule has 1 aliphatic rings. The summed E-state index contributed by atoms with van der Waals surface area (Å²) >= 11 is 1.54. The van der Waals surface area contributed by atoms with E-state index in [0.717, 1.165) is 5.56 Å². The highest BCUT2D eigenvalue weighted by Crippen LogP contribution is 2.24.